The van der Waals surface area contributed by atoms with E-state index in [1.54, 1.807) is 28.6 Å². The van der Waals surface area contributed by atoms with Crippen LogP contribution in [0.5, 0.6) is 0 Å². The van der Waals surface area contributed by atoms with E-state index in [2.05, 4.69) is 10.2 Å². The highest BCUT2D eigenvalue weighted by Crippen LogP contribution is 2.24. The summed E-state index contributed by atoms with van der Waals surface area (Å²) in [5.41, 5.74) is 0.844. The molecule has 0 aliphatic carbocycles. The standard InChI is InChI=1S/C15H20N4O2S2/c1-2-19-14(16-17-15(19)22)12-6-8-13(9-7-12)23(20,21)18-10-4-3-5-11-18/h6-9H,2-5,10-11H2,1H3,(H,17,22). The zero-order valence-corrected chi connectivity index (χ0v) is 14.7. The molecule has 1 aliphatic heterocycles. The highest BCUT2D eigenvalue weighted by molar-refractivity contribution is 7.89. The Labute approximate surface area is 141 Å². The molecule has 1 saturated heterocycles. The molecule has 124 valence electrons. The van der Waals surface area contributed by atoms with Crippen LogP contribution in [-0.4, -0.2) is 40.6 Å². The molecule has 2 heterocycles. The van der Waals surface area contributed by atoms with E-state index in [4.69, 9.17) is 12.2 Å². The van der Waals surface area contributed by atoms with Gasteiger partial charge in [0.15, 0.2) is 10.6 Å². The van der Waals surface area contributed by atoms with Crippen LogP contribution >= 0.6 is 12.2 Å². The van der Waals surface area contributed by atoms with Crippen molar-refractivity contribution in [3.8, 4) is 11.4 Å². The van der Waals surface area contributed by atoms with Gasteiger partial charge in [0.05, 0.1) is 4.90 Å². The van der Waals surface area contributed by atoms with Crippen molar-refractivity contribution in [1.82, 2.24) is 19.1 Å². The molecule has 8 heteroatoms. The number of nitrogens with one attached hydrogen (secondary N) is 1. The molecule has 0 amide bonds. The van der Waals surface area contributed by atoms with Crippen LogP contribution in [0, 0.1) is 4.77 Å². The van der Waals surface area contributed by atoms with E-state index < -0.39 is 10.0 Å². The number of hydrogen-bond donors (Lipinski definition) is 1. The average Bonchev–Trinajstić information content (AvgIpc) is 2.96. The Morgan fingerprint density at radius 2 is 1.83 bits per heavy atom. The van der Waals surface area contributed by atoms with Gasteiger partial charge in [-0.15, -0.1) is 0 Å². The number of nitrogens with zero attached hydrogens (tertiary/aromatic N) is 3. The maximum absolute atomic E-state index is 12.6. The highest BCUT2D eigenvalue weighted by atomic mass is 32.2. The minimum Gasteiger partial charge on any atom is -0.300 e. The zero-order valence-electron chi connectivity index (χ0n) is 13.0. The molecule has 0 unspecified atom stereocenters. The second-order valence-electron chi connectivity index (χ2n) is 5.59. The Kier molecular flexibility index (Phi) is 4.65. The summed E-state index contributed by atoms with van der Waals surface area (Å²) < 4.78 is 29.3. The third-order valence-corrected chi connectivity index (χ3v) is 6.36. The molecule has 0 saturated carbocycles. The topological polar surface area (TPSA) is 71.0 Å². The Bertz CT molecular complexity index is 831. The molecule has 0 radical (unpaired) electrons. The molecule has 1 aromatic heterocycles. The van der Waals surface area contributed by atoms with E-state index in [1.807, 2.05) is 11.5 Å². The molecule has 1 aromatic carbocycles. The molecular weight excluding hydrogens is 332 g/mol. The van der Waals surface area contributed by atoms with Crippen LogP contribution in [0.2, 0.25) is 0 Å². The van der Waals surface area contributed by atoms with Crippen LogP contribution in [0.3, 0.4) is 0 Å². The Morgan fingerprint density at radius 1 is 1.17 bits per heavy atom. The minimum absolute atomic E-state index is 0.334. The van der Waals surface area contributed by atoms with Gasteiger partial charge in [-0.05, 0) is 56.2 Å². The van der Waals surface area contributed by atoms with Crippen LogP contribution in [-0.2, 0) is 16.6 Å². The first kappa shape index (κ1) is 16.4. The average molecular weight is 352 g/mol. The van der Waals surface area contributed by atoms with Crippen molar-refractivity contribution in [1.29, 1.82) is 0 Å². The lowest BCUT2D eigenvalue weighted by atomic mass is 10.2. The van der Waals surface area contributed by atoms with E-state index in [0.717, 1.165) is 30.7 Å². The summed E-state index contributed by atoms with van der Waals surface area (Å²) in [5, 5.41) is 7.00. The molecule has 0 bridgehead atoms. The predicted octanol–water partition coefficient (Wildman–Crippen LogP) is 2.80. The largest absolute Gasteiger partial charge is 0.300 e. The number of aromatic amines is 1. The van der Waals surface area contributed by atoms with Crippen LogP contribution in [0.15, 0.2) is 29.2 Å². The number of hydrogen-bond acceptors (Lipinski definition) is 4. The first-order valence-corrected chi connectivity index (χ1v) is 9.64. The molecule has 0 spiro atoms. The number of benzene rings is 1. The van der Waals surface area contributed by atoms with Gasteiger partial charge in [-0.2, -0.15) is 9.40 Å². The van der Waals surface area contributed by atoms with Crippen molar-refractivity contribution >= 4 is 22.2 Å². The molecule has 6 nitrogen and oxygen atoms in total. The smallest absolute Gasteiger partial charge is 0.243 e. The summed E-state index contributed by atoms with van der Waals surface area (Å²) in [7, 11) is -3.39. The van der Waals surface area contributed by atoms with E-state index in [9.17, 15) is 8.42 Å². The van der Waals surface area contributed by atoms with E-state index in [0.29, 0.717) is 29.3 Å². The normalized spacial score (nSPS) is 16.6. The number of rotatable bonds is 4. The van der Waals surface area contributed by atoms with E-state index >= 15 is 0 Å². The predicted molar refractivity (Wildman–Crippen MR) is 91.1 cm³/mol. The summed E-state index contributed by atoms with van der Waals surface area (Å²) in [6, 6.07) is 6.87. The molecule has 3 rings (SSSR count). The second-order valence-corrected chi connectivity index (χ2v) is 7.91. The quantitative estimate of drug-likeness (QED) is 0.859. The van der Waals surface area contributed by atoms with Gasteiger partial charge in [0, 0.05) is 25.2 Å². The molecule has 1 N–H and O–H groups in total. The van der Waals surface area contributed by atoms with Gasteiger partial charge >= 0.3 is 0 Å². The van der Waals surface area contributed by atoms with Crippen LogP contribution in [0.1, 0.15) is 26.2 Å². The number of sulfonamides is 1. The van der Waals surface area contributed by atoms with E-state index in [-0.39, 0.29) is 0 Å². The fourth-order valence-corrected chi connectivity index (χ4v) is 4.64. The monoisotopic (exact) mass is 352 g/mol. The molecule has 1 fully saturated rings. The van der Waals surface area contributed by atoms with Crippen molar-refractivity contribution < 1.29 is 8.42 Å². The molecular formula is C15H20N4O2S2. The molecule has 1 aliphatic rings. The molecule has 23 heavy (non-hydrogen) atoms. The van der Waals surface area contributed by atoms with Gasteiger partial charge in [-0.1, -0.05) is 6.42 Å². The maximum atomic E-state index is 12.6. The van der Waals surface area contributed by atoms with Gasteiger partial charge < -0.3 is 4.57 Å². The second kappa shape index (κ2) is 6.54. The van der Waals surface area contributed by atoms with Crippen LogP contribution < -0.4 is 0 Å². The lowest BCUT2D eigenvalue weighted by molar-refractivity contribution is 0.346. The lowest BCUT2D eigenvalue weighted by Crippen LogP contribution is -2.35. The van der Waals surface area contributed by atoms with Gasteiger partial charge in [0.1, 0.15) is 0 Å². The van der Waals surface area contributed by atoms with Crippen LogP contribution in [0.4, 0.5) is 0 Å². The summed E-state index contributed by atoms with van der Waals surface area (Å²) in [5.74, 6) is 0.722. The Hall–Kier alpha value is -1.51. The van der Waals surface area contributed by atoms with Crippen LogP contribution in [0.25, 0.3) is 11.4 Å². The zero-order chi connectivity index (χ0) is 16.4. The van der Waals surface area contributed by atoms with Crippen molar-refractivity contribution in [2.24, 2.45) is 0 Å². The molecule has 0 atom stereocenters. The highest BCUT2D eigenvalue weighted by Gasteiger charge is 2.25. The van der Waals surface area contributed by atoms with Gasteiger partial charge in [0.25, 0.3) is 0 Å². The molecule has 2 aromatic rings. The number of H-pyrrole nitrogens is 1. The summed E-state index contributed by atoms with van der Waals surface area (Å²) in [4.78, 5) is 0.334. The van der Waals surface area contributed by atoms with Gasteiger partial charge in [-0.3, -0.25) is 5.10 Å². The lowest BCUT2D eigenvalue weighted by Gasteiger charge is -2.25. The summed E-state index contributed by atoms with van der Waals surface area (Å²) >= 11 is 5.18. The van der Waals surface area contributed by atoms with Crippen molar-refractivity contribution in [2.45, 2.75) is 37.6 Å². The first-order chi connectivity index (χ1) is 11.0. The van der Waals surface area contributed by atoms with Crippen molar-refractivity contribution in [3.63, 3.8) is 0 Å². The maximum Gasteiger partial charge on any atom is 0.243 e. The third-order valence-electron chi connectivity index (χ3n) is 4.14. The Balaban J connectivity index is 1.91. The Morgan fingerprint density at radius 3 is 2.43 bits per heavy atom. The van der Waals surface area contributed by atoms with Crippen molar-refractivity contribution in [2.75, 3.05) is 13.1 Å². The minimum atomic E-state index is -3.39. The first-order valence-electron chi connectivity index (χ1n) is 7.80. The van der Waals surface area contributed by atoms with Gasteiger partial charge in [0.2, 0.25) is 10.0 Å². The van der Waals surface area contributed by atoms with Gasteiger partial charge in [-0.25, -0.2) is 8.42 Å². The fourth-order valence-electron chi connectivity index (χ4n) is 2.86. The number of aromatic nitrogens is 3. The number of piperidine rings is 1. The summed E-state index contributed by atoms with van der Waals surface area (Å²) in [6.07, 6.45) is 2.97. The fraction of sp³-hybridized carbons (Fsp3) is 0.467. The van der Waals surface area contributed by atoms with Crippen molar-refractivity contribution in [3.05, 3.63) is 29.0 Å². The van der Waals surface area contributed by atoms with E-state index in [1.165, 1.54) is 0 Å². The summed E-state index contributed by atoms with van der Waals surface area (Å²) in [6.45, 7) is 3.92. The SMILES string of the molecule is CCn1c(-c2ccc(S(=O)(=O)N3CCCCC3)cc2)n[nH]c1=S. The third kappa shape index (κ3) is 3.11.